The first-order chi connectivity index (χ1) is 6.55. The van der Waals surface area contributed by atoms with Gasteiger partial charge >= 0.3 is 5.97 Å². The lowest BCUT2D eigenvalue weighted by Gasteiger charge is -2.32. The van der Waals surface area contributed by atoms with Crippen molar-refractivity contribution in [3.63, 3.8) is 0 Å². The Kier molecular flexibility index (Phi) is 6.43. The van der Waals surface area contributed by atoms with E-state index in [4.69, 9.17) is 4.74 Å². The van der Waals surface area contributed by atoms with Gasteiger partial charge in [0.25, 0.3) is 0 Å². The summed E-state index contributed by atoms with van der Waals surface area (Å²) in [5.74, 6) is -0.127. The van der Waals surface area contributed by atoms with Crippen LogP contribution >= 0.6 is 0 Å². The monoisotopic (exact) mass is 325 g/mol. The Morgan fingerprint density at radius 2 is 2.20 bits per heavy atom. The fourth-order valence-corrected chi connectivity index (χ4v) is 1.63. The first-order valence-electron chi connectivity index (χ1n) is 5.23. The van der Waals surface area contributed by atoms with E-state index < -0.39 is 0 Å². The van der Waals surface area contributed by atoms with Crippen LogP contribution in [0.3, 0.4) is 0 Å². The summed E-state index contributed by atoms with van der Waals surface area (Å²) >= 11 is 0. The molecule has 0 aromatic rings. The van der Waals surface area contributed by atoms with Crippen LogP contribution < -0.4 is 24.0 Å². The van der Waals surface area contributed by atoms with Crippen LogP contribution in [0.1, 0.15) is 19.8 Å². The van der Waals surface area contributed by atoms with Gasteiger partial charge in [-0.2, -0.15) is 0 Å². The van der Waals surface area contributed by atoms with Crippen LogP contribution in [0.25, 0.3) is 0 Å². The Labute approximate surface area is 109 Å². The summed E-state index contributed by atoms with van der Waals surface area (Å²) in [4.78, 5) is 11.5. The topological polar surface area (TPSA) is 26.3 Å². The highest BCUT2D eigenvalue weighted by Gasteiger charge is 2.25. The molecule has 88 valence electrons. The zero-order valence-corrected chi connectivity index (χ0v) is 11.9. The second-order valence-corrected chi connectivity index (χ2v) is 4.47. The molecule has 4 heteroatoms. The van der Waals surface area contributed by atoms with Crippen LogP contribution in [0.4, 0.5) is 0 Å². The third-order valence-corrected chi connectivity index (χ3v) is 2.42. The third kappa shape index (κ3) is 4.97. The Morgan fingerprint density at radius 3 is 2.73 bits per heavy atom. The van der Waals surface area contributed by atoms with E-state index in [0.717, 1.165) is 36.0 Å². The predicted octanol–water partition coefficient (Wildman–Crippen LogP) is -1.65. The Balaban J connectivity index is 0.00000196. The lowest BCUT2D eigenvalue weighted by atomic mass is 10.1. The maximum absolute atomic E-state index is 11.5. The van der Waals surface area contributed by atoms with Crippen molar-refractivity contribution in [2.75, 3.05) is 33.8 Å². The first kappa shape index (κ1) is 14.9. The van der Waals surface area contributed by atoms with E-state index in [2.05, 4.69) is 14.1 Å². The molecule has 1 aliphatic rings. The molecule has 0 atom stereocenters. The van der Waals surface area contributed by atoms with Gasteiger partial charge in [0.05, 0.1) is 32.8 Å². The molecule has 15 heavy (non-hydrogen) atoms. The van der Waals surface area contributed by atoms with E-state index in [0.29, 0.717) is 6.61 Å². The highest BCUT2D eigenvalue weighted by Crippen LogP contribution is 2.14. The van der Waals surface area contributed by atoms with E-state index in [1.807, 2.05) is 13.0 Å². The summed E-state index contributed by atoms with van der Waals surface area (Å²) in [5.41, 5.74) is 0.842. The van der Waals surface area contributed by atoms with Gasteiger partial charge in [0, 0.05) is 6.42 Å². The zero-order valence-electron chi connectivity index (χ0n) is 9.75. The molecule has 0 radical (unpaired) electrons. The van der Waals surface area contributed by atoms with Crippen LogP contribution in [0.2, 0.25) is 0 Å². The Bertz CT molecular complexity index is 249. The van der Waals surface area contributed by atoms with Crippen molar-refractivity contribution in [3.8, 4) is 0 Å². The van der Waals surface area contributed by atoms with E-state index >= 15 is 0 Å². The van der Waals surface area contributed by atoms with Gasteiger partial charge < -0.3 is 33.2 Å². The molecule has 0 aromatic heterocycles. The van der Waals surface area contributed by atoms with Crippen LogP contribution in [-0.2, 0) is 9.53 Å². The summed E-state index contributed by atoms with van der Waals surface area (Å²) in [6, 6.07) is 0. The van der Waals surface area contributed by atoms with E-state index in [1.165, 1.54) is 0 Å². The number of ether oxygens (including phenoxy) is 1. The highest BCUT2D eigenvalue weighted by atomic mass is 127. The maximum Gasteiger partial charge on any atom is 0.339 e. The zero-order chi connectivity index (χ0) is 10.6. The van der Waals surface area contributed by atoms with E-state index in [-0.39, 0.29) is 29.9 Å². The summed E-state index contributed by atoms with van der Waals surface area (Å²) in [5, 5.41) is 0. The number of halogens is 1. The quantitative estimate of drug-likeness (QED) is 0.353. The molecule has 0 amide bonds. The number of nitrogens with zero attached hydrogens (tertiary/aromatic N) is 1. The minimum atomic E-state index is -0.127. The summed E-state index contributed by atoms with van der Waals surface area (Å²) in [6.07, 6.45) is 3.88. The van der Waals surface area contributed by atoms with Gasteiger partial charge in [-0.05, 0) is 6.42 Å². The fourth-order valence-electron chi connectivity index (χ4n) is 1.63. The van der Waals surface area contributed by atoms with Gasteiger partial charge in [0.15, 0.2) is 0 Å². The largest absolute Gasteiger partial charge is 1.00 e. The molecule has 0 N–H and O–H groups in total. The van der Waals surface area contributed by atoms with E-state index in [9.17, 15) is 4.79 Å². The summed E-state index contributed by atoms with van der Waals surface area (Å²) < 4.78 is 5.99. The molecule has 0 saturated carbocycles. The van der Waals surface area contributed by atoms with Gasteiger partial charge in [-0.3, -0.25) is 0 Å². The van der Waals surface area contributed by atoms with Crippen molar-refractivity contribution < 1.29 is 38.0 Å². The normalized spacial score (nSPS) is 18.7. The van der Waals surface area contributed by atoms with Crippen molar-refractivity contribution in [3.05, 3.63) is 11.6 Å². The maximum atomic E-state index is 11.5. The lowest BCUT2D eigenvalue weighted by Crippen LogP contribution is -3.00. The predicted molar refractivity (Wildman–Crippen MR) is 55.8 cm³/mol. The van der Waals surface area contributed by atoms with Crippen molar-refractivity contribution in [2.45, 2.75) is 19.8 Å². The summed E-state index contributed by atoms with van der Waals surface area (Å²) in [7, 11) is 4.28. The number of rotatable bonds is 3. The number of likely N-dealkylation sites (N-methyl/N-ethyl adjacent to an activating group) is 1. The minimum absolute atomic E-state index is 0. The molecule has 3 nitrogen and oxygen atoms in total. The molecular formula is C11H20INO2. The van der Waals surface area contributed by atoms with Crippen LogP contribution in [-0.4, -0.2) is 44.2 Å². The molecule has 0 aromatic carbocycles. The number of hydrogen-bond acceptors (Lipinski definition) is 2. The molecule has 0 spiro atoms. The minimum Gasteiger partial charge on any atom is -1.00 e. The third-order valence-electron chi connectivity index (χ3n) is 2.42. The second kappa shape index (κ2) is 6.48. The average molecular weight is 325 g/mol. The summed E-state index contributed by atoms with van der Waals surface area (Å²) in [6.45, 7) is 4.43. The number of hydrogen-bond donors (Lipinski definition) is 0. The highest BCUT2D eigenvalue weighted by molar-refractivity contribution is 5.88. The van der Waals surface area contributed by atoms with Crippen molar-refractivity contribution in [2.24, 2.45) is 0 Å². The molecule has 1 heterocycles. The molecule has 0 fully saturated rings. The molecule has 1 rings (SSSR count). The molecule has 1 aliphatic heterocycles. The van der Waals surface area contributed by atoms with Crippen LogP contribution in [0.5, 0.6) is 0 Å². The molecular weight excluding hydrogens is 305 g/mol. The van der Waals surface area contributed by atoms with Crippen molar-refractivity contribution >= 4 is 5.97 Å². The second-order valence-electron chi connectivity index (χ2n) is 4.47. The van der Waals surface area contributed by atoms with Gasteiger partial charge in [0.2, 0.25) is 0 Å². The van der Waals surface area contributed by atoms with Gasteiger partial charge in [-0.1, -0.05) is 13.0 Å². The standard InChI is InChI=1S/C11H20NO2.HI/c1-4-8-14-11(13)10-6-5-7-12(2,3)9-10;/h6H,4-5,7-9H2,1-3H3;1H/q+1;/p-1. The van der Waals surface area contributed by atoms with Crippen molar-refractivity contribution in [1.82, 2.24) is 0 Å². The number of carbonyl (C=O) groups is 1. The Hall–Kier alpha value is -0.100. The number of esters is 1. The molecule has 0 bridgehead atoms. The smallest absolute Gasteiger partial charge is 0.339 e. The fraction of sp³-hybridized carbons (Fsp3) is 0.727. The number of quaternary nitrogens is 1. The SMILES string of the molecule is CCCOC(=O)C1=CCC[N+](C)(C)C1.[I-]. The van der Waals surface area contributed by atoms with Crippen LogP contribution in [0, 0.1) is 0 Å². The van der Waals surface area contributed by atoms with Gasteiger partial charge in [0.1, 0.15) is 6.54 Å². The molecule has 0 aliphatic carbocycles. The lowest BCUT2D eigenvalue weighted by molar-refractivity contribution is -0.886. The molecule has 0 saturated heterocycles. The first-order valence-corrected chi connectivity index (χ1v) is 5.23. The van der Waals surface area contributed by atoms with Crippen LogP contribution in [0.15, 0.2) is 11.6 Å². The Morgan fingerprint density at radius 1 is 1.53 bits per heavy atom. The van der Waals surface area contributed by atoms with Crippen molar-refractivity contribution in [1.29, 1.82) is 0 Å². The number of carbonyl (C=O) groups excluding carboxylic acids is 1. The molecule has 0 unspecified atom stereocenters. The van der Waals surface area contributed by atoms with Gasteiger partial charge in [-0.25, -0.2) is 4.79 Å². The van der Waals surface area contributed by atoms with E-state index in [1.54, 1.807) is 0 Å². The average Bonchev–Trinajstić information content (AvgIpc) is 2.12. The van der Waals surface area contributed by atoms with Gasteiger partial charge in [-0.15, -0.1) is 0 Å².